The van der Waals surface area contributed by atoms with Crippen LogP contribution in [-0.4, -0.2) is 14.7 Å². The number of aromatic nitrogens is 2. The van der Waals surface area contributed by atoms with E-state index in [4.69, 9.17) is 0 Å². The Bertz CT molecular complexity index is 408. The molecule has 15 heavy (non-hydrogen) atoms. The fourth-order valence-electron chi connectivity index (χ4n) is 0.973. The standard InChI is InChI=1S/C7H6F3N3O2/c1-12-6(7(8,9)10)4-5(11-12)2-3-13(14)15/h2-4H,1H3/b3-2+. The quantitative estimate of drug-likeness (QED) is 0.563. The highest BCUT2D eigenvalue weighted by Gasteiger charge is 2.34. The van der Waals surface area contributed by atoms with Crippen molar-refractivity contribution in [1.82, 2.24) is 9.78 Å². The second-order valence-corrected chi connectivity index (χ2v) is 2.68. The summed E-state index contributed by atoms with van der Waals surface area (Å²) in [5.74, 6) is 0. The summed E-state index contributed by atoms with van der Waals surface area (Å²) in [5, 5.41) is 13.4. The van der Waals surface area contributed by atoms with E-state index < -0.39 is 16.8 Å². The third-order valence-corrected chi connectivity index (χ3v) is 1.56. The van der Waals surface area contributed by atoms with E-state index >= 15 is 0 Å². The molecule has 0 N–H and O–H groups in total. The Morgan fingerprint density at radius 1 is 1.60 bits per heavy atom. The average Bonchev–Trinajstić information content (AvgIpc) is 2.42. The first kappa shape index (κ1) is 11.2. The molecular formula is C7H6F3N3O2. The summed E-state index contributed by atoms with van der Waals surface area (Å²) < 4.78 is 37.4. The lowest BCUT2D eigenvalue weighted by Gasteiger charge is -2.04. The molecular weight excluding hydrogens is 215 g/mol. The van der Waals surface area contributed by atoms with E-state index in [1.165, 1.54) is 0 Å². The molecule has 0 fully saturated rings. The van der Waals surface area contributed by atoms with Gasteiger partial charge in [0.25, 0.3) is 0 Å². The summed E-state index contributed by atoms with van der Waals surface area (Å²) in [5.41, 5.74) is -1.06. The fraction of sp³-hybridized carbons (Fsp3) is 0.286. The van der Waals surface area contributed by atoms with Crippen LogP contribution in [0.25, 0.3) is 6.08 Å². The minimum atomic E-state index is -4.51. The van der Waals surface area contributed by atoms with E-state index in [1.807, 2.05) is 0 Å². The molecule has 8 heteroatoms. The van der Waals surface area contributed by atoms with Crippen LogP contribution in [-0.2, 0) is 13.2 Å². The van der Waals surface area contributed by atoms with Gasteiger partial charge in [-0.25, -0.2) is 0 Å². The highest BCUT2D eigenvalue weighted by molar-refractivity contribution is 5.43. The van der Waals surface area contributed by atoms with E-state index in [1.54, 1.807) is 0 Å². The van der Waals surface area contributed by atoms with E-state index in [0.29, 0.717) is 10.9 Å². The first-order valence-corrected chi connectivity index (χ1v) is 3.73. The maximum atomic E-state index is 12.2. The van der Waals surface area contributed by atoms with Crippen molar-refractivity contribution in [2.24, 2.45) is 7.05 Å². The van der Waals surface area contributed by atoms with Crippen LogP contribution in [0.15, 0.2) is 12.3 Å². The maximum Gasteiger partial charge on any atom is 0.433 e. The Morgan fingerprint density at radius 3 is 2.60 bits per heavy atom. The van der Waals surface area contributed by atoms with Crippen LogP contribution in [0.4, 0.5) is 13.2 Å². The molecule has 1 aromatic rings. The summed E-state index contributed by atoms with van der Waals surface area (Å²) in [6.45, 7) is 0. The summed E-state index contributed by atoms with van der Waals surface area (Å²) in [7, 11) is 1.12. The van der Waals surface area contributed by atoms with Gasteiger partial charge in [0, 0.05) is 13.1 Å². The van der Waals surface area contributed by atoms with E-state index in [2.05, 4.69) is 5.10 Å². The molecule has 0 bridgehead atoms. The molecule has 5 nitrogen and oxygen atoms in total. The van der Waals surface area contributed by atoms with Crippen molar-refractivity contribution >= 4 is 6.08 Å². The van der Waals surface area contributed by atoms with Crippen LogP contribution in [0.1, 0.15) is 11.4 Å². The molecule has 0 aliphatic carbocycles. The van der Waals surface area contributed by atoms with Gasteiger partial charge >= 0.3 is 6.18 Å². The Balaban J connectivity index is 3.01. The largest absolute Gasteiger partial charge is 0.433 e. The monoisotopic (exact) mass is 221 g/mol. The van der Waals surface area contributed by atoms with Crippen molar-refractivity contribution in [2.75, 3.05) is 0 Å². The van der Waals surface area contributed by atoms with Crippen molar-refractivity contribution in [3.05, 3.63) is 33.8 Å². The van der Waals surface area contributed by atoms with Gasteiger partial charge in [0.1, 0.15) is 5.69 Å². The van der Waals surface area contributed by atoms with Crippen LogP contribution in [0.5, 0.6) is 0 Å². The highest BCUT2D eigenvalue weighted by atomic mass is 19.4. The maximum absolute atomic E-state index is 12.2. The van der Waals surface area contributed by atoms with Crippen molar-refractivity contribution in [2.45, 2.75) is 6.18 Å². The Kier molecular flexibility index (Phi) is 2.78. The molecule has 0 spiro atoms. The summed E-state index contributed by atoms with van der Waals surface area (Å²) in [6.07, 6.45) is -3.08. The molecule has 0 amide bonds. The number of hydrogen-bond acceptors (Lipinski definition) is 3. The Labute approximate surface area is 82.0 Å². The summed E-state index contributed by atoms with van der Waals surface area (Å²) >= 11 is 0. The number of rotatable bonds is 2. The van der Waals surface area contributed by atoms with Crippen LogP contribution >= 0.6 is 0 Å². The van der Waals surface area contributed by atoms with Gasteiger partial charge in [-0.2, -0.15) is 18.3 Å². The van der Waals surface area contributed by atoms with Crippen LogP contribution in [0.2, 0.25) is 0 Å². The zero-order chi connectivity index (χ0) is 11.6. The molecule has 1 aromatic heterocycles. The Hall–Kier alpha value is -1.86. The molecule has 0 aliphatic rings. The van der Waals surface area contributed by atoms with Gasteiger partial charge < -0.3 is 0 Å². The lowest BCUT2D eigenvalue weighted by molar-refractivity contribution is -0.401. The molecule has 82 valence electrons. The van der Waals surface area contributed by atoms with Crippen LogP contribution in [0, 0.1) is 10.1 Å². The van der Waals surface area contributed by atoms with Gasteiger partial charge in [-0.15, -0.1) is 0 Å². The lowest BCUT2D eigenvalue weighted by atomic mass is 10.3. The van der Waals surface area contributed by atoms with Crippen molar-refractivity contribution in [3.8, 4) is 0 Å². The number of alkyl halides is 3. The zero-order valence-electron chi connectivity index (χ0n) is 7.52. The molecule has 0 atom stereocenters. The average molecular weight is 221 g/mol. The van der Waals surface area contributed by atoms with E-state index in [9.17, 15) is 23.3 Å². The van der Waals surface area contributed by atoms with Gasteiger partial charge in [-0.3, -0.25) is 14.8 Å². The summed E-state index contributed by atoms with van der Waals surface area (Å²) in [4.78, 5) is 9.15. The SMILES string of the molecule is Cn1nc(/C=C/[N+](=O)[O-])cc1C(F)(F)F. The van der Waals surface area contributed by atoms with Crippen LogP contribution < -0.4 is 0 Å². The smallest absolute Gasteiger partial charge is 0.263 e. The third kappa shape index (κ3) is 2.79. The normalized spacial score (nSPS) is 12.3. The predicted octanol–water partition coefficient (Wildman–Crippen LogP) is 1.69. The van der Waals surface area contributed by atoms with E-state index in [0.717, 1.165) is 19.2 Å². The first-order chi connectivity index (χ1) is 6.80. The number of aryl methyl sites for hydroxylation is 1. The second-order valence-electron chi connectivity index (χ2n) is 2.68. The van der Waals surface area contributed by atoms with Gasteiger partial charge in [0.05, 0.1) is 10.6 Å². The molecule has 0 radical (unpaired) electrons. The number of hydrogen-bond donors (Lipinski definition) is 0. The highest BCUT2D eigenvalue weighted by Crippen LogP contribution is 2.29. The fourth-order valence-corrected chi connectivity index (χ4v) is 0.973. The molecule has 0 saturated carbocycles. The Morgan fingerprint density at radius 2 is 2.20 bits per heavy atom. The molecule has 0 aliphatic heterocycles. The van der Waals surface area contributed by atoms with Crippen molar-refractivity contribution in [1.29, 1.82) is 0 Å². The molecule has 0 saturated heterocycles. The molecule has 0 unspecified atom stereocenters. The van der Waals surface area contributed by atoms with Crippen molar-refractivity contribution < 1.29 is 18.1 Å². The third-order valence-electron chi connectivity index (χ3n) is 1.56. The van der Waals surface area contributed by atoms with Gasteiger partial charge in [-0.1, -0.05) is 0 Å². The molecule has 0 aromatic carbocycles. The first-order valence-electron chi connectivity index (χ1n) is 3.73. The second kappa shape index (κ2) is 3.71. The van der Waals surface area contributed by atoms with Gasteiger partial charge in [0.15, 0.2) is 0 Å². The topological polar surface area (TPSA) is 61.0 Å². The summed E-state index contributed by atoms with van der Waals surface area (Å²) in [6, 6.07) is 0.736. The number of halogens is 3. The minimum absolute atomic E-state index is 0.110. The zero-order valence-corrected chi connectivity index (χ0v) is 7.52. The van der Waals surface area contributed by atoms with E-state index in [-0.39, 0.29) is 5.69 Å². The number of nitrogens with zero attached hydrogens (tertiary/aromatic N) is 3. The minimum Gasteiger partial charge on any atom is -0.263 e. The molecule has 1 heterocycles. The van der Waals surface area contributed by atoms with Gasteiger partial charge in [0.2, 0.25) is 6.20 Å². The number of nitro groups is 1. The van der Waals surface area contributed by atoms with Gasteiger partial charge in [-0.05, 0) is 6.07 Å². The predicted molar refractivity (Wildman–Crippen MR) is 44.2 cm³/mol. The van der Waals surface area contributed by atoms with Crippen molar-refractivity contribution in [3.63, 3.8) is 0 Å². The molecule has 1 rings (SSSR count). The van der Waals surface area contributed by atoms with Crippen LogP contribution in [0.3, 0.4) is 0 Å². The lowest BCUT2D eigenvalue weighted by Crippen LogP contribution is -2.11.